The summed E-state index contributed by atoms with van der Waals surface area (Å²) in [5.41, 5.74) is 4.09. The van der Waals surface area contributed by atoms with Crippen LogP contribution in [0.1, 0.15) is 30.2 Å². The van der Waals surface area contributed by atoms with Crippen molar-refractivity contribution in [1.29, 1.82) is 0 Å². The van der Waals surface area contributed by atoms with Crippen molar-refractivity contribution in [2.24, 2.45) is 0 Å². The van der Waals surface area contributed by atoms with Gasteiger partial charge in [0.2, 0.25) is 17.7 Å². The van der Waals surface area contributed by atoms with Crippen molar-refractivity contribution in [3.63, 3.8) is 0 Å². The van der Waals surface area contributed by atoms with E-state index in [2.05, 4.69) is 10.3 Å². The number of hydrogen-bond donors (Lipinski definition) is 1. The minimum atomic E-state index is -0.431. The Kier molecular flexibility index (Phi) is 10.4. The molecular weight excluding hydrogens is 587 g/mol. The predicted molar refractivity (Wildman–Crippen MR) is 173 cm³/mol. The molecule has 222 valence electrons. The number of carbonyl (C=O) groups is 3. The molecule has 0 spiro atoms. The van der Waals surface area contributed by atoms with Crippen LogP contribution in [0, 0.1) is 6.92 Å². The van der Waals surface area contributed by atoms with Crippen molar-refractivity contribution in [2.45, 2.75) is 26.9 Å². The SMILES string of the molecule is CCC(=O)N(C)c1ccc(C=CC(=O)NCC(=O)N(C)c2ccc(Cl)c(COc3cccc4ccc(C)nc34)c2Cl)cc1. The first-order valence-corrected chi connectivity index (χ1v) is 14.4. The van der Waals surface area contributed by atoms with Crippen LogP contribution in [0.5, 0.6) is 5.75 Å². The molecule has 3 aromatic carbocycles. The van der Waals surface area contributed by atoms with Gasteiger partial charge in [0.1, 0.15) is 17.9 Å². The molecule has 0 aliphatic rings. The molecule has 0 fully saturated rings. The molecule has 3 amide bonds. The predicted octanol–water partition coefficient (Wildman–Crippen LogP) is 6.59. The lowest BCUT2D eigenvalue weighted by Crippen LogP contribution is -2.37. The van der Waals surface area contributed by atoms with E-state index in [1.165, 1.54) is 11.0 Å². The zero-order valence-electron chi connectivity index (χ0n) is 24.4. The van der Waals surface area contributed by atoms with Crippen LogP contribution < -0.4 is 19.9 Å². The van der Waals surface area contributed by atoms with E-state index >= 15 is 0 Å². The monoisotopic (exact) mass is 618 g/mol. The Hall–Kier alpha value is -4.40. The quantitative estimate of drug-likeness (QED) is 0.202. The fraction of sp³-hybridized carbons (Fsp3) is 0.212. The molecule has 0 bridgehead atoms. The maximum absolute atomic E-state index is 12.9. The average molecular weight is 620 g/mol. The number of carbonyl (C=O) groups excluding carboxylic acids is 3. The second-order valence-electron chi connectivity index (χ2n) is 9.83. The Morgan fingerprint density at radius 3 is 2.40 bits per heavy atom. The highest BCUT2D eigenvalue weighted by Crippen LogP contribution is 2.35. The number of fused-ring (bicyclic) bond motifs is 1. The zero-order valence-corrected chi connectivity index (χ0v) is 25.9. The smallest absolute Gasteiger partial charge is 0.246 e. The molecule has 1 aromatic heterocycles. The lowest BCUT2D eigenvalue weighted by molar-refractivity contribution is -0.122. The Labute approximate surface area is 260 Å². The van der Waals surface area contributed by atoms with E-state index in [4.69, 9.17) is 27.9 Å². The summed E-state index contributed by atoms with van der Waals surface area (Å²) >= 11 is 13.2. The number of amides is 3. The van der Waals surface area contributed by atoms with Gasteiger partial charge in [-0.3, -0.25) is 14.4 Å². The van der Waals surface area contributed by atoms with Gasteiger partial charge in [-0.05, 0) is 55.0 Å². The van der Waals surface area contributed by atoms with Crippen LogP contribution in [0.4, 0.5) is 11.4 Å². The average Bonchev–Trinajstić information content (AvgIpc) is 3.01. The number of anilines is 2. The van der Waals surface area contributed by atoms with Crippen LogP contribution in [0.3, 0.4) is 0 Å². The van der Waals surface area contributed by atoms with Crippen molar-refractivity contribution in [3.05, 3.63) is 99.7 Å². The van der Waals surface area contributed by atoms with Gasteiger partial charge in [-0.1, -0.05) is 60.5 Å². The van der Waals surface area contributed by atoms with E-state index in [0.717, 1.165) is 27.8 Å². The summed E-state index contributed by atoms with van der Waals surface area (Å²) in [4.78, 5) is 44.7. The minimum Gasteiger partial charge on any atom is -0.487 e. The van der Waals surface area contributed by atoms with Gasteiger partial charge in [0, 0.05) is 53.9 Å². The molecule has 0 atom stereocenters. The van der Waals surface area contributed by atoms with Gasteiger partial charge in [0.15, 0.2) is 0 Å². The number of nitrogens with zero attached hydrogens (tertiary/aromatic N) is 3. The Morgan fingerprint density at radius 1 is 0.930 bits per heavy atom. The molecule has 43 heavy (non-hydrogen) atoms. The van der Waals surface area contributed by atoms with Crippen molar-refractivity contribution in [1.82, 2.24) is 10.3 Å². The zero-order chi connectivity index (χ0) is 31.1. The summed E-state index contributed by atoms with van der Waals surface area (Å²) in [5.74, 6) is -0.206. The van der Waals surface area contributed by atoms with Crippen LogP contribution >= 0.6 is 23.2 Å². The molecule has 0 radical (unpaired) electrons. The van der Waals surface area contributed by atoms with E-state index in [1.807, 2.05) is 37.3 Å². The van der Waals surface area contributed by atoms with E-state index < -0.39 is 5.91 Å². The van der Waals surface area contributed by atoms with E-state index in [9.17, 15) is 14.4 Å². The van der Waals surface area contributed by atoms with Crippen molar-refractivity contribution >= 4 is 69.3 Å². The number of ether oxygens (including phenoxy) is 1. The summed E-state index contributed by atoms with van der Waals surface area (Å²) in [5, 5.41) is 4.21. The van der Waals surface area contributed by atoms with Crippen LogP contribution in [0.2, 0.25) is 10.0 Å². The minimum absolute atomic E-state index is 0.00952. The lowest BCUT2D eigenvalue weighted by Gasteiger charge is -2.21. The third-order valence-electron chi connectivity index (χ3n) is 6.89. The number of nitrogens with one attached hydrogen (secondary N) is 1. The van der Waals surface area contributed by atoms with Crippen molar-refractivity contribution < 1.29 is 19.1 Å². The number of halogens is 2. The van der Waals surface area contributed by atoms with E-state index in [0.29, 0.717) is 28.4 Å². The molecule has 0 aliphatic carbocycles. The number of rotatable bonds is 10. The number of aromatic nitrogens is 1. The van der Waals surface area contributed by atoms with Crippen LogP contribution in [-0.2, 0) is 21.0 Å². The molecule has 1 N–H and O–H groups in total. The number of para-hydroxylation sites is 1. The summed E-state index contributed by atoms with van der Waals surface area (Å²) in [6, 6.07) is 20.1. The van der Waals surface area contributed by atoms with Gasteiger partial charge >= 0.3 is 0 Å². The molecule has 0 unspecified atom stereocenters. The maximum atomic E-state index is 12.9. The van der Waals surface area contributed by atoms with Gasteiger partial charge in [-0.15, -0.1) is 0 Å². The first-order valence-electron chi connectivity index (χ1n) is 13.6. The van der Waals surface area contributed by atoms with Gasteiger partial charge in [-0.2, -0.15) is 0 Å². The molecule has 1 heterocycles. The number of pyridine rings is 1. The van der Waals surface area contributed by atoms with Crippen LogP contribution in [-0.4, -0.2) is 43.3 Å². The molecule has 0 saturated carbocycles. The molecule has 0 aliphatic heterocycles. The van der Waals surface area contributed by atoms with Gasteiger partial charge in [-0.25, -0.2) is 4.98 Å². The second kappa shape index (κ2) is 14.2. The largest absolute Gasteiger partial charge is 0.487 e. The van der Waals surface area contributed by atoms with Crippen molar-refractivity contribution in [2.75, 3.05) is 30.4 Å². The first-order chi connectivity index (χ1) is 20.6. The molecule has 8 nitrogen and oxygen atoms in total. The Morgan fingerprint density at radius 2 is 1.67 bits per heavy atom. The number of aryl methyl sites for hydroxylation is 1. The number of hydrogen-bond acceptors (Lipinski definition) is 5. The normalized spacial score (nSPS) is 11.0. The summed E-state index contributed by atoms with van der Waals surface area (Å²) in [7, 11) is 3.29. The molecule has 4 rings (SSSR count). The summed E-state index contributed by atoms with van der Waals surface area (Å²) in [6.07, 6.45) is 3.39. The first kappa shape index (κ1) is 31.5. The van der Waals surface area contributed by atoms with E-state index in [1.54, 1.807) is 68.4 Å². The Bertz CT molecular complexity index is 1690. The topological polar surface area (TPSA) is 91.8 Å². The number of likely N-dealkylation sites (N-methyl/N-ethyl adjacent to an activating group) is 1. The van der Waals surface area contributed by atoms with Gasteiger partial charge in [0.05, 0.1) is 17.3 Å². The van der Waals surface area contributed by atoms with Gasteiger partial charge < -0.3 is 19.9 Å². The highest BCUT2D eigenvalue weighted by atomic mass is 35.5. The summed E-state index contributed by atoms with van der Waals surface area (Å²) in [6.45, 7) is 3.54. The highest BCUT2D eigenvalue weighted by molar-refractivity contribution is 6.38. The summed E-state index contributed by atoms with van der Waals surface area (Å²) < 4.78 is 6.08. The fourth-order valence-corrected chi connectivity index (χ4v) is 4.90. The van der Waals surface area contributed by atoms with Crippen LogP contribution in [0.25, 0.3) is 17.0 Å². The van der Waals surface area contributed by atoms with Gasteiger partial charge in [0.25, 0.3) is 0 Å². The Balaban J connectivity index is 1.37. The van der Waals surface area contributed by atoms with Crippen molar-refractivity contribution in [3.8, 4) is 5.75 Å². The van der Waals surface area contributed by atoms with Crippen LogP contribution in [0.15, 0.2) is 72.8 Å². The maximum Gasteiger partial charge on any atom is 0.246 e. The van der Waals surface area contributed by atoms with E-state index in [-0.39, 0.29) is 30.0 Å². The third-order valence-corrected chi connectivity index (χ3v) is 7.67. The molecular formula is C33H32Cl2N4O4. The highest BCUT2D eigenvalue weighted by Gasteiger charge is 2.19. The lowest BCUT2D eigenvalue weighted by atomic mass is 10.1. The fourth-order valence-electron chi connectivity index (χ4n) is 4.30. The molecule has 4 aromatic rings. The molecule has 0 saturated heterocycles. The number of benzene rings is 3. The standard InChI is InChI=1S/C33H32Cl2N4O4/c1-5-30(41)38(3)24-14-10-22(11-15-24)12-18-29(40)36-19-31(42)39(4)27-17-16-26(34)25(32(27)35)20-43-28-8-6-7-23-13-9-21(2)37-33(23)28/h6-18H,5,19-20H2,1-4H3,(H,36,40). The third kappa shape index (κ3) is 7.71. The second-order valence-corrected chi connectivity index (χ2v) is 10.6. The molecule has 10 heteroatoms.